The number of nitrogens with one attached hydrogen (secondary N) is 3. The molecular weight excluding hydrogens is 481 g/mol. The zero-order chi connectivity index (χ0) is 18.8. The van der Waals surface area contributed by atoms with E-state index in [2.05, 4.69) is 25.2 Å². The van der Waals surface area contributed by atoms with Gasteiger partial charge in [0.25, 0.3) is 0 Å². The maximum Gasteiger partial charge on any atom is 0.211 e. The zero-order valence-corrected chi connectivity index (χ0v) is 19.3. The smallest absolute Gasteiger partial charge is 0.211 e. The normalized spacial score (nSPS) is 17.2. The highest BCUT2D eigenvalue weighted by molar-refractivity contribution is 14.0. The molecule has 1 aromatic rings. The van der Waals surface area contributed by atoms with Gasteiger partial charge in [-0.1, -0.05) is 6.42 Å². The van der Waals surface area contributed by atoms with Crippen LogP contribution in [0.3, 0.4) is 0 Å². The number of likely N-dealkylation sites (tertiary alicyclic amines) is 1. The minimum atomic E-state index is -3.16. The maximum atomic E-state index is 11.4. The third kappa shape index (κ3) is 8.36. The van der Waals surface area contributed by atoms with Crippen molar-refractivity contribution in [2.45, 2.75) is 32.2 Å². The molecule has 10 heteroatoms. The second kappa shape index (κ2) is 12.6. The molecule has 0 amide bonds. The lowest BCUT2D eigenvalue weighted by atomic mass is 10.1. The second-order valence-electron chi connectivity index (χ2n) is 6.31. The van der Waals surface area contributed by atoms with E-state index in [1.165, 1.54) is 19.3 Å². The molecule has 0 bridgehead atoms. The van der Waals surface area contributed by atoms with Crippen LogP contribution in [0.4, 0.5) is 0 Å². The average Bonchev–Trinajstić information content (AvgIpc) is 3.19. The molecule has 1 saturated heterocycles. The number of hydrogen-bond acceptors (Lipinski definition) is 5. The molecule has 8 nitrogen and oxygen atoms in total. The van der Waals surface area contributed by atoms with E-state index in [9.17, 15) is 8.42 Å². The van der Waals surface area contributed by atoms with E-state index in [0.717, 1.165) is 18.8 Å². The fourth-order valence-corrected chi connectivity index (χ4v) is 3.64. The number of rotatable bonds is 9. The van der Waals surface area contributed by atoms with Crippen LogP contribution in [-0.2, 0) is 10.0 Å². The van der Waals surface area contributed by atoms with E-state index < -0.39 is 10.0 Å². The Hall–Kier alpha value is -0.850. The number of nitrogens with zero attached hydrogens (tertiary/aromatic N) is 2. The monoisotopic (exact) mass is 513 g/mol. The van der Waals surface area contributed by atoms with E-state index in [4.69, 9.17) is 4.42 Å². The van der Waals surface area contributed by atoms with Gasteiger partial charge in [0.1, 0.15) is 5.76 Å². The Labute approximate surface area is 179 Å². The third-order valence-corrected chi connectivity index (χ3v) is 5.91. The van der Waals surface area contributed by atoms with Crippen molar-refractivity contribution in [1.82, 2.24) is 20.3 Å². The predicted octanol–water partition coefficient (Wildman–Crippen LogP) is 1.53. The van der Waals surface area contributed by atoms with E-state index in [1.54, 1.807) is 20.2 Å². The number of aliphatic imine (C=N–C) groups is 1. The van der Waals surface area contributed by atoms with Crippen LogP contribution in [0.5, 0.6) is 0 Å². The summed E-state index contributed by atoms with van der Waals surface area (Å²) in [5, 5.41) is 6.46. The van der Waals surface area contributed by atoms with Crippen molar-refractivity contribution in [1.29, 1.82) is 0 Å². The number of piperidine rings is 1. The Bertz CT molecular complexity index is 646. The average molecular weight is 513 g/mol. The summed E-state index contributed by atoms with van der Waals surface area (Å²) in [6.07, 6.45) is 5.41. The minimum absolute atomic E-state index is 0. The Morgan fingerprint density at radius 1 is 1.26 bits per heavy atom. The zero-order valence-electron chi connectivity index (χ0n) is 16.1. The lowest BCUT2D eigenvalue weighted by Gasteiger charge is -2.33. The Kier molecular flexibility index (Phi) is 11.3. The van der Waals surface area contributed by atoms with Crippen LogP contribution in [-0.4, -0.2) is 64.8 Å². The van der Waals surface area contributed by atoms with Crippen molar-refractivity contribution >= 4 is 40.0 Å². The van der Waals surface area contributed by atoms with E-state index in [1.807, 2.05) is 12.1 Å². The van der Waals surface area contributed by atoms with Gasteiger partial charge in [0, 0.05) is 26.7 Å². The lowest BCUT2D eigenvalue weighted by Crippen LogP contribution is -2.46. The first kappa shape index (κ1) is 24.2. The van der Waals surface area contributed by atoms with Crippen LogP contribution in [0.1, 0.15) is 38.0 Å². The predicted molar refractivity (Wildman–Crippen MR) is 119 cm³/mol. The molecule has 156 valence electrons. The molecule has 1 unspecified atom stereocenters. The summed E-state index contributed by atoms with van der Waals surface area (Å²) in [6.45, 7) is 5.22. The molecular formula is C17H32IN5O3S. The van der Waals surface area contributed by atoms with Gasteiger partial charge in [-0.05, 0) is 45.0 Å². The Balaban J connectivity index is 0.00000364. The van der Waals surface area contributed by atoms with Crippen molar-refractivity contribution in [2.75, 3.05) is 45.5 Å². The van der Waals surface area contributed by atoms with Crippen molar-refractivity contribution in [2.24, 2.45) is 4.99 Å². The molecule has 1 aromatic heterocycles. The van der Waals surface area contributed by atoms with Crippen LogP contribution in [0.25, 0.3) is 0 Å². The third-order valence-electron chi connectivity index (χ3n) is 4.51. The van der Waals surface area contributed by atoms with Crippen LogP contribution >= 0.6 is 24.0 Å². The van der Waals surface area contributed by atoms with Gasteiger partial charge in [0.05, 0.1) is 18.1 Å². The second-order valence-corrected chi connectivity index (χ2v) is 8.40. The number of guanidine groups is 1. The minimum Gasteiger partial charge on any atom is -0.468 e. The van der Waals surface area contributed by atoms with Crippen molar-refractivity contribution in [3.63, 3.8) is 0 Å². The highest BCUT2D eigenvalue weighted by atomic mass is 127. The van der Waals surface area contributed by atoms with Gasteiger partial charge in [-0.15, -0.1) is 24.0 Å². The molecule has 0 saturated carbocycles. The first-order chi connectivity index (χ1) is 12.6. The van der Waals surface area contributed by atoms with Crippen LogP contribution in [0.2, 0.25) is 0 Å². The largest absolute Gasteiger partial charge is 0.468 e. The van der Waals surface area contributed by atoms with Gasteiger partial charge in [-0.25, -0.2) is 13.1 Å². The fraction of sp³-hybridized carbons (Fsp3) is 0.706. The summed E-state index contributed by atoms with van der Waals surface area (Å²) in [7, 11) is -1.46. The molecule has 1 atom stereocenters. The number of furan rings is 1. The molecule has 27 heavy (non-hydrogen) atoms. The molecule has 2 heterocycles. The Morgan fingerprint density at radius 2 is 2.00 bits per heavy atom. The summed E-state index contributed by atoms with van der Waals surface area (Å²) in [5.74, 6) is 1.68. The van der Waals surface area contributed by atoms with E-state index in [0.29, 0.717) is 25.6 Å². The summed E-state index contributed by atoms with van der Waals surface area (Å²) in [4.78, 5) is 6.65. The quantitative estimate of drug-likeness (QED) is 0.201. The van der Waals surface area contributed by atoms with Gasteiger partial charge in [-0.2, -0.15) is 0 Å². The molecule has 1 aliphatic rings. The first-order valence-corrected chi connectivity index (χ1v) is 10.9. The lowest BCUT2D eigenvalue weighted by molar-refractivity contribution is 0.146. The maximum absolute atomic E-state index is 11.4. The molecule has 1 fully saturated rings. The molecule has 3 N–H and O–H groups in total. The van der Waals surface area contributed by atoms with Gasteiger partial charge < -0.3 is 15.1 Å². The highest BCUT2D eigenvalue weighted by Crippen LogP contribution is 2.24. The number of halogens is 1. The molecule has 0 aliphatic carbocycles. The van der Waals surface area contributed by atoms with Gasteiger partial charge in [0.2, 0.25) is 10.0 Å². The molecule has 0 spiro atoms. The standard InChI is InChI=1S/C17H31N5O3S.HI/c1-3-26(23,24)21-10-9-19-17(18-2)20-14-15(16-8-7-13-25-16)22-11-5-4-6-12-22;/h7-8,13,15,21H,3-6,9-12,14H2,1-2H3,(H2,18,19,20);1H. The number of hydrogen-bond donors (Lipinski definition) is 3. The van der Waals surface area contributed by atoms with Crippen molar-refractivity contribution in [3.05, 3.63) is 24.2 Å². The molecule has 0 aromatic carbocycles. The summed E-state index contributed by atoms with van der Waals surface area (Å²) in [6, 6.07) is 4.08. The first-order valence-electron chi connectivity index (χ1n) is 9.25. The summed E-state index contributed by atoms with van der Waals surface area (Å²) in [5.41, 5.74) is 0. The summed E-state index contributed by atoms with van der Waals surface area (Å²) < 4.78 is 31.0. The van der Waals surface area contributed by atoms with Gasteiger partial charge >= 0.3 is 0 Å². The van der Waals surface area contributed by atoms with Crippen molar-refractivity contribution in [3.8, 4) is 0 Å². The summed E-state index contributed by atoms with van der Waals surface area (Å²) >= 11 is 0. The van der Waals surface area contributed by atoms with E-state index in [-0.39, 0.29) is 35.8 Å². The van der Waals surface area contributed by atoms with E-state index >= 15 is 0 Å². The highest BCUT2D eigenvalue weighted by Gasteiger charge is 2.24. The van der Waals surface area contributed by atoms with Crippen LogP contribution < -0.4 is 15.4 Å². The SMILES string of the molecule is CCS(=O)(=O)NCCNC(=NC)NCC(c1ccco1)N1CCCCC1.I. The number of sulfonamides is 1. The molecule has 0 radical (unpaired) electrons. The van der Waals surface area contributed by atoms with Crippen LogP contribution in [0, 0.1) is 0 Å². The molecule has 2 rings (SSSR count). The molecule has 1 aliphatic heterocycles. The topological polar surface area (TPSA) is 99.0 Å². The van der Waals surface area contributed by atoms with Crippen LogP contribution in [0.15, 0.2) is 27.8 Å². The Morgan fingerprint density at radius 3 is 2.59 bits per heavy atom. The van der Waals surface area contributed by atoms with Gasteiger partial charge in [-0.3, -0.25) is 9.89 Å². The van der Waals surface area contributed by atoms with Crippen molar-refractivity contribution < 1.29 is 12.8 Å². The van der Waals surface area contributed by atoms with Gasteiger partial charge in [0.15, 0.2) is 5.96 Å². The fourth-order valence-electron chi connectivity index (χ4n) is 3.02.